The zero-order chi connectivity index (χ0) is 23.5. The van der Waals surface area contributed by atoms with E-state index in [1.807, 2.05) is 6.07 Å². The van der Waals surface area contributed by atoms with Gasteiger partial charge in [-0.05, 0) is 49.1 Å². The molecule has 1 aromatic rings. The van der Waals surface area contributed by atoms with Crippen LogP contribution < -0.4 is 4.74 Å². The average molecular weight is 470 g/mol. The minimum absolute atomic E-state index is 0.176. The van der Waals surface area contributed by atoms with Gasteiger partial charge in [0.15, 0.2) is 0 Å². The van der Waals surface area contributed by atoms with E-state index < -0.39 is 0 Å². The number of fused-ring (bicyclic) bond motifs is 1. The summed E-state index contributed by atoms with van der Waals surface area (Å²) in [6.45, 7) is 19.8. The lowest BCUT2D eigenvalue weighted by molar-refractivity contribution is 0.178. The maximum atomic E-state index is 9.85. The smallest absolute Gasteiger partial charge is 0.142 e. The molecular formula is C27H35NO2S2. The molecule has 32 heavy (non-hydrogen) atoms. The minimum Gasteiger partial charge on any atom is -0.493 e. The van der Waals surface area contributed by atoms with Crippen molar-refractivity contribution in [2.75, 3.05) is 6.61 Å². The molecule has 3 nitrogen and oxygen atoms in total. The van der Waals surface area contributed by atoms with Crippen LogP contribution in [0.3, 0.4) is 0 Å². The summed E-state index contributed by atoms with van der Waals surface area (Å²) in [5.74, 6) is 3.36. The molecule has 1 saturated carbocycles. The van der Waals surface area contributed by atoms with E-state index in [2.05, 4.69) is 59.9 Å². The lowest BCUT2D eigenvalue weighted by Gasteiger charge is -2.27. The highest BCUT2D eigenvalue weighted by atomic mass is 32.2. The fourth-order valence-electron chi connectivity index (χ4n) is 3.84. The first-order chi connectivity index (χ1) is 15.1. The molecule has 1 aromatic carbocycles. The van der Waals surface area contributed by atoms with Crippen LogP contribution in [0.15, 0.2) is 56.4 Å². The molecule has 0 spiro atoms. The normalized spacial score (nSPS) is 22.0. The molecule has 172 valence electrons. The third-order valence-electron chi connectivity index (χ3n) is 6.10. The molecule has 1 fully saturated rings. The predicted octanol–water partition coefficient (Wildman–Crippen LogP) is 8.61. The van der Waals surface area contributed by atoms with Crippen molar-refractivity contribution >= 4 is 23.5 Å². The van der Waals surface area contributed by atoms with Gasteiger partial charge in [0.25, 0.3) is 0 Å². The van der Waals surface area contributed by atoms with Crippen molar-refractivity contribution < 1.29 is 9.47 Å². The molecule has 3 rings (SSSR count). The van der Waals surface area contributed by atoms with Crippen LogP contribution in [0.2, 0.25) is 0 Å². The van der Waals surface area contributed by atoms with Crippen LogP contribution in [0.1, 0.15) is 65.4 Å². The van der Waals surface area contributed by atoms with Gasteiger partial charge in [0, 0.05) is 10.8 Å². The number of allylic oxidation sites excluding steroid dienone is 2. The number of hydrogen-bond donors (Lipinski definition) is 0. The van der Waals surface area contributed by atoms with Crippen LogP contribution in [-0.2, 0) is 4.74 Å². The van der Waals surface area contributed by atoms with Crippen LogP contribution in [0.25, 0.3) is 0 Å². The maximum Gasteiger partial charge on any atom is 0.142 e. The van der Waals surface area contributed by atoms with Gasteiger partial charge in [0.05, 0.1) is 15.7 Å². The van der Waals surface area contributed by atoms with E-state index in [0.29, 0.717) is 23.9 Å². The number of thioether (sulfide) groups is 2. The second-order valence-electron chi connectivity index (χ2n) is 10.1. The maximum absolute atomic E-state index is 9.85. The summed E-state index contributed by atoms with van der Waals surface area (Å²) >= 11 is 3.19. The van der Waals surface area contributed by atoms with Gasteiger partial charge >= 0.3 is 0 Å². The first-order valence-corrected chi connectivity index (χ1v) is 13.0. The number of nitrogens with zero attached hydrogens (tertiary/aromatic N) is 1. The Hall–Kier alpha value is -1.77. The van der Waals surface area contributed by atoms with Crippen molar-refractivity contribution in [2.45, 2.75) is 76.5 Å². The van der Waals surface area contributed by atoms with Crippen molar-refractivity contribution in [1.82, 2.24) is 0 Å². The molecule has 0 bridgehead atoms. The van der Waals surface area contributed by atoms with Gasteiger partial charge in [0.1, 0.15) is 28.9 Å². The molecule has 0 atom stereocenters. The number of aryl methyl sites for hydroxylation is 1. The predicted molar refractivity (Wildman–Crippen MR) is 136 cm³/mol. The van der Waals surface area contributed by atoms with Gasteiger partial charge in [-0.1, -0.05) is 83.3 Å². The van der Waals surface area contributed by atoms with E-state index in [4.69, 9.17) is 9.47 Å². The first kappa shape index (κ1) is 24.9. The highest BCUT2D eigenvalue weighted by Gasteiger charge is 2.29. The largest absolute Gasteiger partial charge is 0.493 e. The fourth-order valence-corrected chi connectivity index (χ4v) is 6.53. The molecule has 1 aliphatic carbocycles. The highest BCUT2D eigenvalue weighted by molar-refractivity contribution is 8.24. The van der Waals surface area contributed by atoms with Gasteiger partial charge in [0.2, 0.25) is 0 Å². The monoisotopic (exact) mass is 469 g/mol. The van der Waals surface area contributed by atoms with E-state index in [9.17, 15) is 5.26 Å². The van der Waals surface area contributed by atoms with Gasteiger partial charge in [-0.2, -0.15) is 5.26 Å². The third kappa shape index (κ3) is 6.17. The van der Waals surface area contributed by atoms with Gasteiger partial charge in [-0.3, -0.25) is 0 Å². The third-order valence-corrected chi connectivity index (χ3v) is 8.85. The Balaban J connectivity index is 1.76. The molecule has 0 saturated heterocycles. The first-order valence-electron chi connectivity index (χ1n) is 11.4. The molecule has 0 N–H and O–H groups in total. The van der Waals surface area contributed by atoms with Crippen LogP contribution in [0.4, 0.5) is 0 Å². The fraction of sp³-hybridized carbons (Fsp3) is 0.519. The van der Waals surface area contributed by atoms with Crippen molar-refractivity contribution in [1.29, 1.82) is 5.26 Å². The summed E-state index contributed by atoms with van der Waals surface area (Å²) in [5, 5.41) is 9.85. The van der Waals surface area contributed by atoms with E-state index >= 15 is 0 Å². The zero-order valence-corrected chi connectivity index (χ0v) is 21.7. The van der Waals surface area contributed by atoms with Crippen LogP contribution in [-0.4, -0.2) is 6.61 Å². The van der Waals surface area contributed by atoms with Crippen molar-refractivity contribution in [2.24, 2.45) is 17.3 Å². The molecule has 0 radical (unpaired) electrons. The number of rotatable bonds is 7. The summed E-state index contributed by atoms with van der Waals surface area (Å²) in [5.41, 5.74) is 1.86. The lowest BCUT2D eigenvalue weighted by atomic mass is 9.82. The Morgan fingerprint density at radius 2 is 1.78 bits per heavy atom. The summed E-state index contributed by atoms with van der Waals surface area (Å²) in [6.07, 6.45) is 5.66. The topological polar surface area (TPSA) is 42.2 Å². The number of nitriles is 1. The van der Waals surface area contributed by atoms with E-state index in [1.165, 1.54) is 18.4 Å². The molecule has 0 aromatic heterocycles. The van der Waals surface area contributed by atoms with Crippen molar-refractivity contribution in [3.05, 3.63) is 52.2 Å². The molecule has 1 heterocycles. The second-order valence-corrected chi connectivity index (χ2v) is 12.4. The molecule has 0 amide bonds. The minimum atomic E-state index is 0.176. The highest BCUT2D eigenvalue weighted by Crippen LogP contribution is 2.57. The molecule has 2 aliphatic rings. The Kier molecular flexibility index (Phi) is 8.11. The molecule has 5 heteroatoms. The molecule has 0 unspecified atom stereocenters. The van der Waals surface area contributed by atoms with Crippen LogP contribution >= 0.6 is 23.5 Å². The standard InChI is InChI=1S/C27H35NO2S2/c1-17-8-11-21(12-9-17)19(3)30-23-13-10-18(2)24-25(23)32-26(31-24)22(16-28)20(4)29-15-14-27(5,6)7/h10,13,17,21H,3-4,8-9,11-12,14-15H2,1-2,5-7H3/b26-22+. The van der Waals surface area contributed by atoms with E-state index in [0.717, 1.165) is 50.7 Å². The summed E-state index contributed by atoms with van der Waals surface area (Å²) in [6, 6.07) is 6.43. The van der Waals surface area contributed by atoms with E-state index in [1.54, 1.807) is 23.5 Å². The Bertz CT molecular complexity index is 957. The van der Waals surface area contributed by atoms with Crippen LogP contribution in [0.5, 0.6) is 5.75 Å². The van der Waals surface area contributed by atoms with Gasteiger partial charge < -0.3 is 9.47 Å². The summed E-state index contributed by atoms with van der Waals surface area (Å²) in [7, 11) is 0. The SMILES string of the molecule is C=C(OCCC(C)(C)C)/C(C#N)=C1\Sc2c(C)ccc(OC(=C)C3CCC(C)CC3)c2S1. The molecule has 1 aliphatic heterocycles. The van der Waals surface area contributed by atoms with Crippen molar-refractivity contribution in [3.63, 3.8) is 0 Å². The Morgan fingerprint density at radius 3 is 2.41 bits per heavy atom. The zero-order valence-electron chi connectivity index (χ0n) is 20.0. The van der Waals surface area contributed by atoms with Gasteiger partial charge in [-0.25, -0.2) is 0 Å². The quantitative estimate of drug-likeness (QED) is 0.295. The molecular weight excluding hydrogens is 434 g/mol. The number of benzene rings is 1. The van der Waals surface area contributed by atoms with Gasteiger partial charge in [-0.15, -0.1) is 0 Å². The lowest BCUT2D eigenvalue weighted by Crippen LogP contribution is -2.16. The average Bonchev–Trinajstić information content (AvgIpc) is 3.16. The Morgan fingerprint density at radius 1 is 1.12 bits per heavy atom. The summed E-state index contributed by atoms with van der Waals surface area (Å²) in [4.78, 5) is 2.20. The Labute approximate surface area is 202 Å². The summed E-state index contributed by atoms with van der Waals surface area (Å²) < 4.78 is 13.1. The second kappa shape index (κ2) is 10.4. The number of ether oxygens (including phenoxy) is 2. The van der Waals surface area contributed by atoms with Crippen molar-refractivity contribution in [3.8, 4) is 11.8 Å². The van der Waals surface area contributed by atoms with Crippen LogP contribution in [0, 0.1) is 35.5 Å². The van der Waals surface area contributed by atoms with E-state index in [-0.39, 0.29) is 5.41 Å². The number of hydrogen-bond acceptors (Lipinski definition) is 5.